The first-order valence-electron chi connectivity index (χ1n) is 5.36. The van der Waals surface area contributed by atoms with Gasteiger partial charge in [-0.25, -0.2) is 4.98 Å². The zero-order valence-electron chi connectivity index (χ0n) is 9.54. The third kappa shape index (κ3) is 4.61. The van der Waals surface area contributed by atoms with E-state index in [1.54, 1.807) is 6.07 Å². The second kappa shape index (κ2) is 6.93. The molecular weight excluding hydrogens is 305 g/mol. The molecule has 0 aliphatic carbocycles. The van der Waals surface area contributed by atoms with E-state index < -0.39 is 0 Å². The smallest absolute Gasteiger partial charge is 0.227 e. The highest BCUT2D eigenvalue weighted by molar-refractivity contribution is 9.10. The van der Waals surface area contributed by atoms with Gasteiger partial charge in [0.1, 0.15) is 5.15 Å². The van der Waals surface area contributed by atoms with E-state index >= 15 is 0 Å². The van der Waals surface area contributed by atoms with Crippen LogP contribution in [0.2, 0.25) is 5.15 Å². The second-order valence-corrected chi connectivity index (χ2v) is 5.03. The molecule has 4 nitrogen and oxygen atoms in total. The number of amides is 1. The van der Waals surface area contributed by atoms with E-state index in [0.717, 1.165) is 12.8 Å². The van der Waals surface area contributed by atoms with Crippen LogP contribution in [0.15, 0.2) is 16.7 Å². The lowest BCUT2D eigenvalue weighted by molar-refractivity contribution is -0.119. The summed E-state index contributed by atoms with van der Waals surface area (Å²) in [4.78, 5) is 15.7. The molecule has 94 valence electrons. The topological polar surface area (TPSA) is 68.0 Å². The Hall–Kier alpha value is -0.650. The van der Waals surface area contributed by atoms with Gasteiger partial charge in [0.05, 0.1) is 16.4 Å². The molecule has 1 aromatic rings. The lowest BCUT2D eigenvalue weighted by atomic mass is 10.0. The van der Waals surface area contributed by atoms with Crippen LogP contribution < -0.4 is 11.1 Å². The first-order chi connectivity index (χ1) is 8.04. The van der Waals surface area contributed by atoms with Gasteiger partial charge in [0.15, 0.2) is 0 Å². The first kappa shape index (κ1) is 14.4. The van der Waals surface area contributed by atoms with Crippen molar-refractivity contribution in [3.05, 3.63) is 21.9 Å². The number of nitrogens with one attached hydrogen (secondary N) is 1. The third-order valence-corrected chi connectivity index (χ3v) is 3.49. The molecule has 0 radical (unpaired) electrons. The number of anilines is 1. The molecule has 0 saturated heterocycles. The number of hydrogen-bond acceptors (Lipinski definition) is 3. The van der Waals surface area contributed by atoms with Gasteiger partial charge in [0, 0.05) is 5.92 Å². The zero-order chi connectivity index (χ0) is 12.8. The third-order valence-electron chi connectivity index (χ3n) is 2.35. The molecular formula is C11H15BrClN3O. The Bertz CT molecular complexity index is 400. The highest BCUT2D eigenvalue weighted by Crippen LogP contribution is 2.23. The van der Waals surface area contributed by atoms with Crippen molar-refractivity contribution in [1.29, 1.82) is 0 Å². The summed E-state index contributed by atoms with van der Waals surface area (Å²) in [7, 11) is 0. The highest BCUT2D eigenvalue weighted by atomic mass is 79.9. The Morgan fingerprint density at radius 3 is 3.00 bits per heavy atom. The fourth-order valence-corrected chi connectivity index (χ4v) is 1.76. The van der Waals surface area contributed by atoms with Crippen molar-refractivity contribution in [2.75, 3.05) is 11.9 Å². The van der Waals surface area contributed by atoms with Crippen LogP contribution in [0.3, 0.4) is 0 Å². The Morgan fingerprint density at radius 2 is 2.41 bits per heavy atom. The number of halogens is 2. The molecule has 3 N–H and O–H groups in total. The minimum atomic E-state index is -0.0620. The maximum Gasteiger partial charge on any atom is 0.227 e. The van der Waals surface area contributed by atoms with Crippen LogP contribution in [0.25, 0.3) is 0 Å². The van der Waals surface area contributed by atoms with Gasteiger partial charge in [0.25, 0.3) is 0 Å². The molecule has 1 heterocycles. The number of carbonyl (C=O) groups is 1. The number of nitrogens with zero attached hydrogens (tertiary/aromatic N) is 1. The maximum absolute atomic E-state index is 11.8. The fraction of sp³-hybridized carbons (Fsp3) is 0.455. The maximum atomic E-state index is 11.8. The van der Waals surface area contributed by atoms with Gasteiger partial charge in [-0.3, -0.25) is 4.79 Å². The summed E-state index contributed by atoms with van der Waals surface area (Å²) in [5.74, 6) is -0.0949. The van der Waals surface area contributed by atoms with Gasteiger partial charge in [-0.1, -0.05) is 18.5 Å². The van der Waals surface area contributed by atoms with Crippen LogP contribution >= 0.6 is 27.5 Å². The summed E-state index contributed by atoms with van der Waals surface area (Å²) in [6, 6.07) is 1.73. The first-order valence-corrected chi connectivity index (χ1v) is 6.53. The van der Waals surface area contributed by atoms with Crippen molar-refractivity contribution in [3.63, 3.8) is 0 Å². The highest BCUT2D eigenvalue weighted by Gasteiger charge is 2.13. The number of carbonyl (C=O) groups excluding carboxylic acids is 1. The second-order valence-electron chi connectivity index (χ2n) is 3.82. The summed E-state index contributed by atoms with van der Waals surface area (Å²) in [6.45, 7) is 2.48. The van der Waals surface area contributed by atoms with Crippen molar-refractivity contribution in [1.82, 2.24) is 4.98 Å². The standard InChI is InChI=1S/C11H15BrClN3O/c1-7(3-2-4-14)11(17)16-8-5-9(12)10(13)15-6-8/h5-7H,2-4,14H2,1H3,(H,16,17). The van der Waals surface area contributed by atoms with E-state index in [2.05, 4.69) is 26.2 Å². The van der Waals surface area contributed by atoms with Crippen LogP contribution in [0.4, 0.5) is 5.69 Å². The van der Waals surface area contributed by atoms with Crippen LogP contribution in [0.5, 0.6) is 0 Å². The molecule has 0 aliphatic heterocycles. The lowest BCUT2D eigenvalue weighted by Gasteiger charge is -2.11. The summed E-state index contributed by atoms with van der Waals surface area (Å²) in [5.41, 5.74) is 6.03. The van der Waals surface area contributed by atoms with Crippen molar-refractivity contribution in [3.8, 4) is 0 Å². The van der Waals surface area contributed by atoms with Gasteiger partial charge >= 0.3 is 0 Å². The van der Waals surface area contributed by atoms with Crippen LogP contribution in [-0.2, 0) is 4.79 Å². The van der Waals surface area contributed by atoms with E-state index in [1.807, 2.05) is 6.92 Å². The average Bonchev–Trinajstić information content (AvgIpc) is 2.30. The molecule has 1 unspecified atom stereocenters. The minimum absolute atomic E-state index is 0.0329. The molecule has 0 spiro atoms. The number of aromatic nitrogens is 1. The Labute approximate surface area is 114 Å². The van der Waals surface area contributed by atoms with Crippen molar-refractivity contribution < 1.29 is 4.79 Å². The summed E-state index contributed by atoms with van der Waals surface area (Å²) in [6.07, 6.45) is 3.16. The lowest BCUT2D eigenvalue weighted by Crippen LogP contribution is -2.21. The van der Waals surface area contributed by atoms with Crippen LogP contribution in [0, 0.1) is 5.92 Å². The Morgan fingerprint density at radius 1 is 1.71 bits per heavy atom. The van der Waals surface area contributed by atoms with Gasteiger partial charge in [-0.2, -0.15) is 0 Å². The number of nitrogens with two attached hydrogens (primary N) is 1. The normalized spacial score (nSPS) is 12.2. The monoisotopic (exact) mass is 319 g/mol. The SMILES string of the molecule is CC(CCCN)C(=O)Nc1cnc(Cl)c(Br)c1. The largest absolute Gasteiger partial charge is 0.330 e. The predicted octanol–water partition coefficient (Wildman–Crippen LogP) is 2.81. The van der Waals surface area contributed by atoms with Gasteiger partial charge < -0.3 is 11.1 Å². The molecule has 1 amide bonds. The fourth-order valence-electron chi connectivity index (χ4n) is 1.31. The average molecular weight is 321 g/mol. The minimum Gasteiger partial charge on any atom is -0.330 e. The van der Waals surface area contributed by atoms with Crippen LogP contribution in [0.1, 0.15) is 19.8 Å². The number of pyridine rings is 1. The summed E-state index contributed by atoms with van der Waals surface area (Å²) < 4.78 is 0.659. The van der Waals surface area contributed by atoms with Crippen molar-refractivity contribution in [2.45, 2.75) is 19.8 Å². The van der Waals surface area contributed by atoms with E-state index in [4.69, 9.17) is 17.3 Å². The molecule has 1 rings (SSSR count). The molecule has 1 atom stereocenters. The molecule has 0 bridgehead atoms. The molecule has 1 aromatic heterocycles. The van der Waals surface area contributed by atoms with Gasteiger partial charge in [-0.15, -0.1) is 0 Å². The molecule has 6 heteroatoms. The zero-order valence-corrected chi connectivity index (χ0v) is 11.9. The Balaban J connectivity index is 2.58. The van der Waals surface area contributed by atoms with Crippen molar-refractivity contribution in [2.24, 2.45) is 11.7 Å². The Kier molecular flexibility index (Phi) is 5.88. The number of hydrogen-bond donors (Lipinski definition) is 2. The van der Waals surface area contributed by atoms with Crippen LogP contribution in [-0.4, -0.2) is 17.4 Å². The van der Waals surface area contributed by atoms with Gasteiger partial charge in [-0.05, 0) is 41.4 Å². The molecule has 0 fully saturated rings. The summed E-state index contributed by atoms with van der Waals surface area (Å²) >= 11 is 9.02. The quantitative estimate of drug-likeness (QED) is 0.820. The van der Waals surface area contributed by atoms with E-state index in [-0.39, 0.29) is 11.8 Å². The molecule has 17 heavy (non-hydrogen) atoms. The van der Waals surface area contributed by atoms with E-state index in [1.165, 1.54) is 6.20 Å². The van der Waals surface area contributed by atoms with Crippen molar-refractivity contribution >= 4 is 39.1 Å². The predicted molar refractivity (Wildman–Crippen MR) is 73.0 cm³/mol. The molecule has 0 aliphatic rings. The number of rotatable bonds is 5. The molecule has 0 aromatic carbocycles. The summed E-state index contributed by atoms with van der Waals surface area (Å²) in [5, 5.41) is 3.16. The van der Waals surface area contributed by atoms with E-state index in [0.29, 0.717) is 21.9 Å². The van der Waals surface area contributed by atoms with Gasteiger partial charge in [0.2, 0.25) is 5.91 Å². The molecule has 0 saturated carbocycles. The van der Waals surface area contributed by atoms with E-state index in [9.17, 15) is 4.79 Å².